The number of carbonyl (C=O) groups excluding carboxylic acids is 3. The van der Waals surface area contributed by atoms with E-state index in [-0.39, 0.29) is 13.0 Å². The van der Waals surface area contributed by atoms with Crippen molar-refractivity contribution in [3.8, 4) is 0 Å². The summed E-state index contributed by atoms with van der Waals surface area (Å²) in [5.41, 5.74) is 1.04. The van der Waals surface area contributed by atoms with Gasteiger partial charge in [0.1, 0.15) is 11.1 Å². The van der Waals surface area contributed by atoms with E-state index in [0.29, 0.717) is 10.8 Å². The normalized spacial score (nSPS) is 24.0. The predicted molar refractivity (Wildman–Crippen MR) is 108 cm³/mol. The zero-order valence-electron chi connectivity index (χ0n) is 17.0. The van der Waals surface area contributed by atoms with E-state index in [4.69, 9.17) is 18.9 Å². The fourth-order valence-corrected chi connectivity index (χ4v) is 3.90. The van der Waals surface area contributed by atoms with Crippen LogP contribution >= 0.6 is 11.8 Å². The van der Waals surface area contributed by atoms with Crippen molar-refractivity contribution in [2.24, 2.45) is 5.16 Å². The topological polar surface area (TPSA) is 121 Å². The molecule has 1 aliphatic heterocycles. The number of hydrogen-bond donors (Lipinski definition) is 1. The molecule has 164 valence electrons. The van der Waals surface area contributed by atoms with Crippen molar-refractivity contribution < 1.29 is 38.5 Å². The van der Waals surface area contributed by atoms with Gasteiger partial charge in [-0.2, -0.15) is 0 Å². The Bertz CT molecular complexity index is 769. The Labute approximate surface area is 178 Å². The number of benzene rings is 1. The molecule has 1 aromatic carbocycles. The number of hydrogen-bond acceptors (Lipinski definition) is 10. The minimum absolute atomic E-state index is 0.0674. The fourth-order valence-electron chi connectivity index (χ4n) is 3.03. The lowest BCUT2D eigenvalue weighted by atomic mass is 9.97. The van der Waals surface area contributed by atoms with Crippen LogP contribution in [-0.4, -0.2) is 59.2 Å². The van der Waals surface area contributed by atoms with Crippen LogP contribution in [0.25, 0.3) is 0 Å². The zero-order chi connectivity index (χ0) is 22.1. The molecule has 9 nitrogen and oxygen atoms in total. The van der Waals surface area contributed by atoms with Crippen LogP contribution in [-0.2, 0) is 39.1 Å². The average Bonchev–Trinajstić information content (AvgIpc) is 2.68. The number of rotatable bonds is 7. The van der Waals surface area contributed by atoms with Crippen molar-refractivity contribution in [1.82, 2.24) is 0 Å². The van der Waals surface area contributed by atoms with Crippen molar-refractivity contribution in [2.45, 2.75) is 57.4 Å². The Kier molecular flexibility index (Phi) is 9.13. The summed E-state index contributed by atoms with van der Waals surface area (Å²) in [5, 5.41) is 13.1. The van der Waals surface area contributed by atoms with Crippen LogP contribution in [0.4, 0.5) is 0 Å². The molecule has 0 saturated carbocycles. The fraction of sp³-hybridized carbons (Fsp3) is 0.500. The molecule has 1 fully saturated rings. The van der Waals surface area contributed by atoms with E-state index in [1.165, 1.54) is 32.5 Å². The summed E-state index contributed by atoms with van der Waals surface area (Å²) in [6.45, 7) is 3.56. The van der Waals surface area contributed by atoms with Crippen LogP contribution in [0.1, 0.15) is 32.8 Å². The van der Waals surface area contributed by atoms with Gasteiger partial charge in [0.15, 0.2) is 18.3 Å². The molecule has 0 unspecified atom stereocenters. The Morgan fingerprint density at radius 2 is 1.63 bits per heavy atom. The van der Waals surface area contributed by atoms with E-state index in [9.17, 15) is 19.6 Å². The van der Waals surface area contributed by atoms with Crippen LogP contribution in [0.15, 0.2) is 35.5 Å². The van der Waals surface area contributed by atoms with Crippen LogP contribution in [0, 0.1) is 0 Å². The highest BCUT2D eigenvalue weighted by Gasteiger charge is 2.47. The first kappa shape index (κ1) is 23.7. The number of carbonyl (C=O) groups is 3. The smallest absolute Gasteiger partial charge is 0.303 e. The number of ether oxygens (including phenoxy) is 4. The van der Waals surface area contributed by atoms with Gasteiger partial charge in [-0.05, 0) is 5.56 Å². The maximum atomic E-state index is 11.7. The van der Waals surface area contributed by atoms with Gasteiger partial charge in [0, 0.05) is 32.9 Å². The Morgan fingerprint density at radius 3 is 2.20 bits per heavy atom. The maximum absolute atomic E-state index is 11.7. The summed E-state index contributed by atoms with van der Waals surface area (Å²) in [6.07, 6.45) is -3.68. The second-order valence-electron chi connectivity index (χ2n) is 6.64. The van der Waals surface area contributed by atoms with E-state index >= 15 is 0 Å². The Morgan fingerprint density at radius 1 is 1.03 bits per heavy atom. The molecular formula is C20H25NO8S. The molecule has 1 heterocycles. The van der Waals surface area contributed by atoms with E-state index in [1.54, 1.807) is 0 Å². The van der Waals surface area contributed by atoms with Crippen molar-refractivity contribution >= 4 is 34.7 Å². The van der Waals surface area contributed by atoms with Gasteiger partial charge in [0.2, 0.25) is 0 Å². The molecular weight excluding hydrogens is 414 g/mol. The van der Waals surface area contributed by atoms with E-state index in [1.807, 2.05) is 30.3 Å². The standard InChI is InChI=1S/C20H25NO8S/c1-12(22)27-17-10-26-16(19(28-13(2)23)20(17)29-14(3)24)9-18(21-25)30-11-15-7-5-4-6-8-15/h4-8,16-17,19-20,25H,9-11H2,1-3H3/b21-18-/t16-,17-,19+,20+/m1/s1. The van der Waals surface area contributed by atoms with Gasteiger partial charge in [-0.25, -0.2) is 0 Å². The predicted octanol–water partition coefficient (Wildman–Crippen LogP) is 2.29. The molecule has 2 rings (SSSR count). The monoisotopic (exact) mass is 439 g/mol. The van der Waals surface area contributed by atoms with Gasteiger partial charge in [-0.1, -0.05) is 35.5 Å². The third-order valence-electron chi connectivity index (χ3n) is 4.19. The number of oxime groups is 1. The van der Waals surface area contributed by atoms with Gasteiger partial charge in [0.05, 0.1) is 6.61 Å². The molecule has 1 saturated heterocycles. The largest absolute Gasteiger partial charge is 0.456 e. The summed E-state index contributed by atoms with van der Waals surface area (Å²) in [7, 11) is 0. The van der Waals surface area contributed by atoms with E-state index < -0.39 is 42.3 Å². The van der Waals surface area contributed by atoms with Crippen LogP contribution in [0.2, 0.25) is 0 Å². The molecule has 0 radical (unpaired) electrons. The van der Waals surface area contributed by atoms with Crippen molar-refractivity contribution in [3.63, 3.8) is 0 Å². The van der Waals surface area contributed by atoms with Crippen molar-refractivity contribution in [3.05, 3.63) is 35.9 Å². The third kappa shape index (κ3) is 7.34. The minimum atomic E-state index is -1.05. The lowest BCUT2D eigenvalue weighted by Crippen LogP contribution is -2.57. The van der Waals surface area contributed by atoms with Gasteiger partial charge in [-0.15, -0.1) is 11.8 Å². The van der Waals surface area contributed by atoms with E-state index in [0.717, 1.165) is 5.56 Å². The first-order valence-corrected chi connectivity index (χ1v) is 10.3. The van der Waals surface area contributed by atoms with Crippen LogP contribution < -0.4 is 0 Å². The van der Waals surface area contributed by atoms with Crippen LogP contribution in [0.3, 0.4) is 0 Å². The highest BCUT2D eigenvalue weighted by molar-refractivity contribution is 8.13. The molecule has 0 amide bonds. The summed E-state index contributed by atoms with van der Waals surface area (Å²) in [5.74, 6) is -1.26. The molecule has 10 heteroatoms. The molecule has 1 aromatic rings. The first-order valence-electron chi connectivity index (χ1n) is 9.31. The highest BCUT2D eigenvalue weighted by Crippen LogP contribution is 2.28. The molecule has 30 heavy (non-hydrogen) atoms. The second-order valence-corrected chi connectivity index (χ2v) is 7.69. The molecule has 4 atom stereocenters. The molecule has 1 aliphatic rings. The zero-order valence-corrected chi connectivity index (χ0v) is 17.8. The Balaban J connectivity index is 2.15. The molecule has 0 spiro atoms. The minimum Gasteiger partial charge on any atom is -0.456 e. The summed E-state index contributed by atoms with van der Waals surface area (Å²) >= 11 is 1.30. The quantitative estimate of drug-likeness (QED) is 0.170. The first-order chi connectivity index (χ1) is 14.3. The summed E-state index contributed by atoms with van der Waals surface area (Å²) < 4.78 is 21.6. The summed E-state index contributed by atoms with van der Waals surface area (Å²) in [6, 6.07) is 9.61. The highest BCUT2D eigenvalue weighted by atomic mass is 32.2. The average molecular weight is 439 g/mol. The SMILES string of the molecule is CC(=O)O[C@@H]1[C@@H](OC(C)=O)[C@H](OC(C)=O)CO[C@@H]1C/C(=N/O)SCc1ccccc1. The van der Waals surface area contributed by atoms with Gasteiger partial charge in [-0.3, -0.25) is 14.4 Å². The van der Waals surface area contributed by atoms with Gasteiger partial charge in [0.25, 0.3) is 0 Å². The van der Waals surface area contributed by atoms with Crippen LogP contribution in [0.5, 0.6) is 0 Å². The van der Waals surface area contributed by atoms with E-state index in [2.05, 4.69) is 5.16 Å². The lowest BCUT2D eigenvalue weighted by Gasteiger charge is -2.40. The molecule has 0 aliphatic carbocycles. The molecule has 0 aromatic heterocycles. The lowest BCUT2D eigenvalue weighted by molar-refractivity contribution is -0.224. The van der Waals surface area contributed by atoms with Gasteiger partial charge < -0.3 is 24.2 Å². The molecule has 0 bridgehead atoms. The summed E-state index contributed by atoms with van der Waals surface area (Å²) in [4.78, 5) is 34.7. The van der Waals surface area contributed by atoms with Crippen molar-refractivity contribution in [1.29, 1.82) is 0 Å². The van der Waals surface area contributed by atoms with Gasteiger partial charge >= 0.3 is 17.9 Å². The number of thioether (sulfide) groups is 1. The number of nitrogens with zero attached hydrogens (tertiary/aromatic N) is 1. The Hall–Kier alpha value is -2.59. The van der Waals surface area contributed by atoms with Crippen molar-refractivity contribution in [2.75, 3.05) is 6.61 Å². The third-order valence-corrected chi connectivity index (χ3v) is 5.25. The number of esters is 3. The maximum Gasteiger partial charge on any atom is 0.303 e. The molecule has 1 N–H and O–H groups in total. The second kappa shape index (κ2) is 11.6.